The van der Waals surface area contributed by atoms with Gasteiger partial charge >= 0.3 is 0 Å². The summed E-state index contributed by atoms with van der Waals surface area (Å²) < 4.78 is 0. The van der Waals surface area contributed by atoms with Crippen molar-refractivity contribution in [2.75, 3.05) is 24.5 Å². The van der Waals surface area contributed by atoms with Crippen LogP contribution in [0.2, 0.25) is 0 Å². The molecule has 3 aromatic rings. The van der Waals surface area contributed by atoms with Gasteiger partial charge in [0.25, 0.3) is 0 Å². The maximum atomic E-state index is 11.6. The van der Waals surface area contributed by atoms with Crippen LogP contribution in [0.1, 0.15) is 22.8 Å². The van der Waals surface area contributed by atoms with Crippen molar-refractivity contribution in [1.29, 1.82) is 0 Å². The molecule has 2 heterocycles. The number of anilines is 1. The highest BCUT2D eigenvalue weighted by Crippen LogP contribution is 2.31. The molecule has 0 spiro atoms. The van der Waals surface area contributed by atoms with E-state index in [-0.39, 0.29) is 0 Å². The summed E-state index contributed by atoms with van der Waals surface area (Å²) in [5.41, 5.74) is 9.10. The van der Waals surface area contributed by atoms with Gasteiger partial charge in [0.1, 0.15) is 0 Å². The maximum absolute atomic E-state index is 11.6. The number of nitrogens with two attached hydrogens (primary N) is 1. The van der Waals surface area contributed by atoms with Gasteiger partial charge in [-0.2, -0.15) is 5.10 Å². The van der Waals surface area contributed by atoms with E-state index >= 15 is 0 Å². The Labute approximate surface area is 158 Å². The normalized spacial score (nSPS) is 17.3. The second-order valence-corrected chi connectivity index (χ2v) is 7.11. The summed E-state index contributed by atoms with van der Waals surface area (Å²) in [6.07, 6.45) is 1.79. The lowest BCUT2D eigenvalue weighted by Gasteiger charge is -2.35. The molecule has 4 rings (SSSR count). The molecule has 1 atom stereocenters. The van der Waals surface area contributed by atoms with Crippen molar-refractivity contribution in [2.45, 2.75) is 19.9 Å². The van der Waals surface area contributed by atoms with Gasteiger partial charge in [-0.1, -0.05) is 12.1 Å². The maximum Gasteiger partial charge on any atom is 0.248 e. The molecule has 0 aliphatic carbocycles. The molecular weight excluding hydrogens is 338 g/mol. The highest BCUT2D eigenvalue weighted by molar-refractivity contribution is 5.97. The third kappa shape index (κ3) is 3.24. The van der Waals surface area contributed by atoms with Crippen molar-refractivity contribution >= 4 is 22.5 Å². The van der Waals surface area contributed by atoms with Gasteiger partial charge in [0.15, 0.2) is 5.82 Å². The predicted molar refractivity (Wildman–Crippen MR) is 108 cm³/mol. The second kappa shape index (κ2) is 6.96. The van der Waals surface area contributed by atoms with Crippen molar-refractivity contribution < 1.29 is 4.79 Å². The minimum absolute atomic E-state index is 0.368. The lowest BCUT2D eigenvalue weighted by atomic mass is 9.96. The van der Waals surface area contributed by atoms with Gasteiger partial charge in [-0.15, -0.1) is 5.10 Å². The molecule has 1 amide bonds. The van der Waals surface area contributed by atoms with Gasteiger partial charge in [0.05, 0.1) is 6.20 Å². The van der Waals surface area contributed by atoms with E-state index in [1.807, 2.05) is 19.1 Å². The molecule has 3 N–H and O–H groups in total. The number of hydrogen-bond donors (Lipinski definition) is 2. The summed E-state index contributed by atoms with van der Waals surface area (Å²) in [7, 11) is 0. The molecule has 0 unspecified atom stereocenters. The van der Waals surface area contributed by atoms with Crippen LogP contribution in [0.15, 0.2) is 42.6 Å². The second-order valence-electron chi connectivity index (χ2n) is 7.11. The van der Waals surface area contributed by atoms with Crippen LogP contribution in [0.25, 0.3) is 21.9 Å². The van der Waals surface area contributed by atoms with Gasteiger partial charge in [-0.3, -0.25) is 4.79 Å². The minimum atomic E-state index is -0.419. The Hall–Kier alpha value is -2.99. The van der Waals surface area contributed by atoms with E-state index in [0.29, 0.717) is 11.6 Å². The number of amides is 1. The summed E-state index contributed by atoms with van der Waals surface area (Å²) in [6, 6.07) is 12.2. The highest BCUT2D eigenvalue weighted by Gasteiger charge is 2.21. The van der Waals surface area contributed by atoms with Crippen LogP contribution >= 0.6 is 0 Å². The first-order chi connectivity index (χ1) is 13.0. The number of carbonyl (C=O) groups is 1. The number of primary amides is 1. The summed E-state index contributed by atoms with van der Waals surface area (Å²) >= 11 is 0. The number of benzene rings is 2. The number of nitrogens with one attached hydrogen (secondary N) is 1. The molecule has 6 heteroatoms. The number of aromatic nitrogens is 2. The van der Waals surface area contributed by atoms with Gasteiger partial charge in [0, 0.05) is 42.0 Å². The fourth-order valence-corrected chi connectivity index (χ4v) is 3.69. The van der Waals surface area contributed by atoms with Crippen LogP contribution in [0.4, 0.5) is 5.82 Å². The van der Waals surface area contributed by atoms with E-state index < -0.39 is 5.91 Å². The summed E-state index contributed by atoms with van der Waals surface area (Å²) in [5.74, 6) is 0.508. The van der Waals surface area contributed by atoms with E-state index in [0.717, 1.165) is 52.9 Å². The molecule has 0 radical (unpaired) electrons. The monoisotopic (exact) mass is 361 g/mol. The Balaban J connectivity index is 1.80. The molecule has 1 saturated heterocycles. The van der Waals surface area contributed by atoms with E-state index in [4.69, 9.17) is 5.73 Å². The van der Waals surface area contributed by atoms with Crippen LogP contribution in [0.3, 0.4) is 0 Å². The number of carbonyl (C=O) groups excluding carboxylic acids is 1. The van der Waals surface area contributed by atoms with Crippen LogP contribution in [-0.4, -0.2) is 41.8 Å². The Bertz CT molecular complexity index is 1020. The minimum Gasteiger partial charge on any atom is -0.366 e. The van der Waals surface area contributed by atoms with E-state index in [1.165, 1.54) is 0 Å². The number of piperazine rings is 1. The molecule has 2 aromatic carbocycles. The Morgan fingerprint density at radius 1 is 1.26 bits per heavy atom. The molecule has 6 nitrogen and oxygen atoms in total. The first-order valence-corrected chi connectivity index (χ1v) is 9.18. The number of nitrogens with zero attached hydrogens (tertiary/aromatic N) is 3. The van der Waals surface area contributed by atoms with Gasteiger partial charge in [-0.05, 0) is 54.8 Å². The van der Waals surface area contributed by atoms with Crippen molar-refractivity contribution in [2.24, 2.45) is 5.73 Å². The molecule has 0 saturated carbocycles. The van der Waals surface area contributed by atoms with Crippen molar-refractivity contribution in [3.63, 3.8) is 0 Å². The first kappa shape index (κ1) is 17.4. The molecule has 1 aromatic heterocycles. The third-order valence-electron chi connectivity index (χ3n) is 5.25. The molecule has 27 heavy (non-hydrogen) atoms. The molecule has 1 aliphatic rings. The molecule has 0 bridgehead atoms. The number of hydrogen-bond acceptors (Lipinski definition) is 5. The summed E-state index contributed by atoms with van der Waals surface area (Å²) in [4.78, 5) is 13.9. The Morgan fingerprint density at radius 3 is 2.89 bits per heavy atom. The van der Waals surface area contributed by atoms with Gasteiger partial charge in [0.2, 0.25) is 5.91 Å². The van der Waals surface area contributed by atoms with Crippen molar-refractivity contribution in [3.8, 4) is 11.1 Å². The quantitative estimate of drug-likeness (QED) is 0.749. The highest BCUT2D eigenvalue weighted by atomic mass is 16.1. The van der Waals surface area contributed by atoms with Gasteiger partial charge < -0.3 is 16.0 Å². The van der Waals surface area contributed by atoms with Crippen molar-refractivity contribution in [3.05, 3.63) is 53.7 Å². The van der Waals surface area contributed by atoms with Crippen LogP contribution in [-0.2, 0) is 0 Å². The lowest BCUT2D eigenvalue weighted by molar-refractivity contribution is 0.100. The average Bonchev–Trinajstić information content (AvgIpc) is 2.68. The zero-order chi connectivity index (χ0) is 19.0. The number of fused-ring (bicyclic) bond motifs is 1. The van der Waals surface area contributed by atoms with Crippen LogP contribution < -0.4 is 16.0 Å². The SMILES string of the molecule is Cc1ccc(C(N)=O)cc1-c1ccc2c(N3CCNC[C@H]3C)nncc2c1. The Morgan fingerprint density at radius 2 is 2.11 bits per heavy atom. The fraction of sp³-hybridized carbons (Fsp3) is 0.286. The van der Waals surface area contributed by atoms with E-state index in [2.05, 4.69) is 45.5 Å². The summed E-state index contributed by atoms with van der Waals surface area (Å²) in [6.45, 7) is 7.02. The topological polar surface area (TPSA) is 84.1 Å². The lowest BCUT2D eigenvalue weighted by Crippen LogP contribution is -2.50. The predicted octanol–water partition coefficient (Wildman–Crippen LogP) is 2.50. The fourth-order valence-electron chi connectivity index (χ4n) is 3.69. The zero-order valence-corrected chi connectivity index (χ0v) is 15.6. The largest absolute Gasteiger partial charge is 0.366 e. The van der Waals surface area contributed by atoms with Crippen LogP contribution in [0, 0.1) is 6.92 Å². The third-order valence-corrected chi connectivity index (χ3v) is 5.25. The zero-order valence-electron chi connectivity index (χ0n) is 15.6. The molecular formula is C21H23N5O. The van der Waals surface area contributed by atoms with E-state index in [1.54, 1.807) is 12.3 Å². The standard InChI is InChI=1S/C21H23N5O/c1-13-3-4-16(20(22)27)10-19(13)15-5-6-18-17(9-15)12-24-25-21(18)26-8-7-23-11-14(26)2/h3-6,9-10,12,14,23H,7-8,11H2,1-2H3,(H2,22,27)/t14-/m1/s1. The van der Waals surface area contributed by atoms with E-state index in [9.17, 15) is 4.79 Å². The van der Waals surface area contributed by atoms with Crippen LogP contribution in [0.5, 0.6) is 0 Å². The smallest absolute Gasteiger partial charge is 0.248 e. The number of aryl methyl sites for hydroxylation is 1. The first-order valence-electron chi connectivity index (χ1n) is 9.18. The average molecular weight is 361 g/mol. The molecule has 1 aliphatic heterocycles. The summed E-state index contributed by atoms with van der Waals surface area (Å²) in [5, 5.41) is 14.2. The van der Waals surface area contributed by atoms with Crippen molar-refractivity contribution in [1.82, 2.24) is 15.5 Å². The Kier molecular flexibility index (Phi) is 4.49. The molecule has 1 fully saturated rings. The van der Waals surface area contributed by atoms with Gasteiger partial charge in [-0.25, -0.2) is 0 Å². The molecule has 138 valence electrons. The number of rotatable bonds is 3.